The molecular formula is C21H35N3O2. The van der Waals surface area contributed by atoms with Gasteiger partial charge in [-0.05, 0) is 50.5 Å². The van der Waals surface area contributed by atoms with Gasteiger partial charge in [0.05, 0.1) is 5.41 Å². The van der Waals surface area contributed by atoms with Crippen molar-refractivity contribution in [3.8, 4) is 0 Å². The minimum Gasteiger partial charge on any atom is -0.341 e. The number of hydrogen-bond acceptors (Lipinski definition) is 3. The van der Waals surface area contributed by atoms with Crippen LogP contribution < -0.4 is 5.32 Å². The first kappa shape index (κ1) is 18.3. The average molecular weight is 362 g/mol. The SMILES string of the molecule is O=C(CC1CCCC1)N1CCCN(C(=O)[C@@]23CCCC[C@H]2CNC3)CC1. The zero-order valence-corrected chi connectivity index (χ0v) is 16.2. The smallest absolute Gasteiger partial charge is 0.230 e. The van der Waals surface area contributed by atoms with E-state index in [9.17, 15) is 9.59 Å². The van der Waals surface area contributed by atoms with E-state index in [4.69, 9.17) is 0 Å². The molecule has 4 rings (SSSR count). The highest BCUT2D eigenvalue weighted by Crippen LogP contribution is 2.45. The van der Waals surface area contributed by atoms with Crippen LogP contribution in [0.4, 0.5) is 0 Å². The number of nitrogens with one attached hydrogen (secondary N) is 1. The molecule has 2 aliphatic heterocycles. The molecule has 2 saturated carbocycles. The fraction of sp³-hybridized carbons (Fsp3) is 0.905. The van der Waals surface area contributed by atoms with Crippen molar-refractivity contribution in [2.45, 2.75) is 64.2 Å². The van der Waals surface area contributed by atoms with E-state index in [0.29, 0.717) is 23.7 Å². The predicted octanol–water partition coefficient (Wildman–Crippen LogP) is 2.41. The van der Waals surface area contributed by atoms with Gasteiger partial charge in [0.2, 0.25) is 11.8 Å². The van der Waals surface area contributed by atoms with E-state index in [2.05, 4.69) is 10.2 Å². The molecule has 0 aromatic rings. The fourth-order valence-electron chi connectivity index (χ4n) is 5.94. The molecular weight excluding hydrogens is 326 g/mol. The number of fused-ring (bicyclic) bond motifs is 1. The van der Waals surface area contributed by atoms with Gasteiger partial charge in [0.25, 0.3) is 0 Å². The van der Waals surface area contributed by atoms with Crippen LogP contribution in [0.5, 0.6) is 0 Å². The second-order valence-electron chi connectivity index (χ2n) is 9.11. The molecule has 0 unspecified atom stereocenters. The van der Waals surface area contributed by atoms with Gasteiger partial charge < -0.3 is 15.1 Å². The highest BCUT2D eigenvalue weighted by atomic mass is 16.2. The van der Waals surface area contributed by atoms with Gasteiger partial charge in [0.1, 0.15) is 0 Å². The van der Waals surface area contributed by atoms with Crippen LogP contribution in [-0.2, 0) is 9.59 Å². The molecule has 146 valence electrons. The first-order chi connectivity index (χ1) is 12.7. The molecule has 4 aliphatic rings. The highest BCUT2D eigenvalue weighted by molar-refractivity contribution is 5.84. The fourth-order valence-corrected chi connectivity index (χ4v) is 5.94. The maximum atomic E-state index is 13.4. The molecule has 2 heterocycles. The molecule has 0 aromatic heterocycles. The van der Waals surface area contributed by atoms with Gasteiger partial charge in [0, 0.05) is 39.1 Å². The Kier molecular flexibility index (Phi) is 5.53. The number of rotatable bonds is 3. The molecule has 0 radical (unpaired) electrons. The van der Waals surface area contributed by atoms with E-state index in [1.54, 1.807) is 0 Å². The monoisotopic (exact) mass is 361 g/mol. The third-order valence-corrected chi connectivity index (χ3v) is 7.54. The van der Waals surface area contributed by atoms with Gasteiger partial charge in [-0.1, -0.05) is 25.7 Å². The van der Waals surface area contributed by atoms with E-state index >= 15 is 0 Å². The molecule has 0 aromatic carbocycles. The summed E-state index contributed by atoms with van der Waals surface area (Å²) in [5.41, 5.74) is -0.152. The molecule has 5 nitrogen and oxygen atoms in total. The lowest BCUT2D eigenvalue weighted by atomic mass is 9.67. The topological polar surface area (TPSA) is 52.7 Å². The van der Waals surface area contributed by atoms with Crippen molar-refractivity contribution in [3.63, 3.8) is 0 Å². The molecule has 2 aliphatic carbocycles. The van der Waals surface area contributed by atoms with Crippen LogP contribution in [-0.4, -0.2) is 60.9 Å². The van der Waals surface area contributed by atoms with Crippen molar-refractivity contribution < 1.29 is 9.59 Å². The molecule has 2 atom stereocenters. The Bertz CT molecular complexity index is 531. The lowest BCUT2D eigenvalue weighted by Gasteiger charge is -2.40. The summed E-state index contributed by atoms with van der Waals surface area (Å²) < 4.78 is 0. The Hall–Kier alpha value is -1.10. The van der Waals surface area contributed by atoms with Gasteiger partial charge in [0.15, 0.2) is 0 Å². The summed E-state index contributed by atoms with van der Waals surface area (Å²) in [4.78, 5) is 30.3. The maximum absolute atomic E-state index is 13.4. The van der Waals surface area contributed by atoms with Crippen molar-refractivity contribution in [2.75, 3.05) is 39.3 Å². The van der Waals surface area contributed by atoms with E-state index in [1.807, 2.05) is 4.90 Å². The number of amides is 2. The summed E-state index contributed by atoms with van der Waals surface area (Å²) in [6.45, 7) is 4.96. The molecule has 0 bridgehead atoms. The van der Waals surface area contributed by atoms with E-state index in [1.165, 1.54) is 44.9 Å². The van der Waals surface area contributed by atoms with E-state index in [-0.39, 0.29) is 5.41 Å². The minimum absolute atomic E-state index is 0.152. The molecule has 4 fully saturated rings. The Morgan fingerprint density at radius 1 is 0.885 bits per heavy atom. The van der Waals surface area contributed by atoms with Crippen molar-refractivity contribution >= 4 is 11.8 Å². The molecule has 2 amide bonds. The van der Waals surface area contributed by atoms with Crippen LogP contribution >= 0.6 is 0 Å². The molecule has 0 spiro atoms. The van der Waals surface area contributed by atoms with Crippen molar-refractivity contribution in [1.29, 1.82) is 0 Å². The standard InChI is InChI=1S/C21H35N3O2/c25-19(14-17-6-1-2-7-17)23-10-5-11-24(13-12-23)20(26)21-9-4-3-8-18(21)15-22-16-21/h17-18,22H,1-16H2/t18-,21+/m0/s1. The molecule has 26 heavy (non-hydrogen) atoms. The number of carbonyl (C=O) groups excluding carboxylic acids is 2. The van der Waals surface area contributed by atoms with Crippen LogP contribution in [0.1, 0.15) is 64.2 Å². The zero-order valence-electron chi connectivity index (χ0n) is 16.2. The molecule has 5 heteroatoms. The van der Waals surface area contributed by atoms with Crippen LogP contribution in [0, 0.1) is 17.3 Å². The highest BCUT2D eigenvalue weighted by Gasteiger charge is 2.51. The third-order valence-electron chi connectivity index (χ3n) is 7.54. The minimum atomic E-state index is -0.152. The Labute approximate surface area is 157 Å². The summed E-state index contributed by atoms with van der Waals surface area (Å²) in [6.07, 6.45) is 11.4. The summed E-state index contributed by atoms with van der Waals surface area (Å²) in [6, 6.07) is 0. The second kappa shape index (κ2) is 7.87. The zero-order chi connectivity index (χ0) is 18.0. The summed E-state index contributed by atoms with van der Waals surface area (Å²) >= 11 is 0. The third kappa shape index (κ3) is 3.51. The van der Waals surface area contributed by atoms with Gasteiger partial charge in [-0.2, -0.15) is 0 Å². The quantitative estimate of drug-likeness (QED) is 0.840. The van der Waals surface area contributed by atoms with Gasteiger partial charge in [-0.3, -0.25) is 9.59 Å². The Morgan fingerprint density at radius 2 is 1.62 bits per heavy atom. The Morgan fingerprint density at radius 3 is 2.46 bits per heavy atom. The van der Waals surface area contributed by atoms with Crippen molar-refractivity contribution in [2.24, 2.45) is 17.3 Å². The molecule has 1 N–H and O–H groups in total. The van der Waals surface area contributed by atoms with Gasteiger partial charge in [-0.15, -0.1) is 0 Å². The second-order valence-corrected chi connectivity index (χ2v) is 9.11. The van der Waals surface area contributed by atoms with Crippen LogP contribution in [0.2, 0.25) is 0 Å². The van der Waals surface area contributed by atoms with Crippen molar-refractivity contribution in [1.82, 2.24) is 15.1 Å². The summed E-state index contributed by atoms with van der Waals surface area (Å²) in [5, 5.41) is 3.50. The lowest BCUT2D eigenvalue weighted by Crippen LogP contribution is -2.50. The maximum Gasteiger partial charge on any atom is 0.230 e. The van der Waals surface area contributed by atoms with Gasteiger partial charge >= 0.3 is 0 Å². The first-order valence-electron chi connectivity index (χ1n) is 11.0. The lowest BCUT2D eigenvalue weighted by molar-refractivity contribution is -0.145. The molecule has 2 saturated heterocycles. The van der Waals surface area contributed by atoms with Crippen LogP contribution in [0.15, 0.2) is 0 Å². The summed E-state index contributed by atoms with van der Waals surface area (Å²) in [5.74, 6) is 1.82. The van der Waals surface area contributed by atoms with Crippen molar-refractivity contribution in [3.05, 3.63) is 0 Å². The average Bonchev–Trinajstić information content (AvgIpc) is 3.25. The number of hydrogen-bond donors (Lipinski definition) is 1. The van der Waals surface area contributed by atoms with E-state index in [0.717, 1.165) is 58.5 Å². The summed E-state index contributed by atoms with van der Waals surface area (Å²) in [7, 11) is 0. The largest absolute Gasteiger partial charge is 0.341 e. The Balaban J connectivity index is 1.35. The normalized spacial score (nSPS) is 33.2. The predicted molar refractivity (Wildman–Crippen MR) is 102 cm³/mol. The number of nitrogens with zero attached hydrogens (tertiary/aromatic N) is 2. The number of carbonyl (C=O) groups is 2. The van der Waals surface area contributed by atoms with Gasteiger partial charge in [-0.25, -0.2) is 0 Å². The van der Waals surface area contributed by atoms with Crippen LogP contribution in [0.3, 0.4) is 0 Å². The van der Waals surface area contributed by atoms with E-state index < -0.39 is 0 Å². The van der Waals surface area contributed by atoms with Crippen LogP contribution in [0.25, 0.3) is 0 Å². The first-order valence-corrected chi connectivity index (χ1v) is 11.0.